The van der Waals surface area contributed by atoms with Crippen molar-refractivity contribution in [2.24, 2.45) is 5.73 Å². The molecular formula is C21H31N5O2S. The van der Waals surface area contributed by atoms with Gasteiger partial charge in [0.25, 0.3) is 0 Å². The van der Waals surface area contributed by atoms with Gasteiger partial charge in [-0.15, -0.1) is 11.3 Å². The Hall–Kier alpha value is -1.32. The SMILES string of the molecule is NC1(CO)CCN(c2nc(CN3CCOCC3)nc3sc4c(c23)CCCC4)CC1. The fraction of sp³-hybridized carbons (Fsp3) is 0.714. The number of rotatable bonds is 4. The highest BCUT2D eigenvalue weighted by atomic mass is 32.1. The molecule has 0 spiro atoms. The smallest absolute Gasteiger partial charge is 0.146 e. The van der Waals surface area contributed by atoms with Gasteiger partial charge in [0.05, 0.1) is 31.8 Å². The largest absolute Gasteiger partial charge is 0.394 e. The number of piperidine rings is 1. The molecule has 8 heteroatoms. The molecule has 0 amide bonds. The second-order valence-corrected chi connectivity index (χ2v) is 9.83. The number of fused-ring (bicyclic) bond motifs is 3. The molecule has 3 N–H and O–H groups in total. The molecule has 0 saturated carbocycles. The summed E-state index contributed by atoms with van der Waals surface area (Å²) in [4.78, 5) is 17.5. The minimum atomic E-state index is -0.451. The lowest BCUT2D eigenvalue weighted by atomic mass is 9.89. The Morgan fingerprint density at radius 2 is 1.83 bits per heavy atom. The van der Waals surface area contributed by atoms with E-state index in [0.29, 0.717) is 0 Å². The Morgan fingerprint density at radius 3 is 2.59 bits per heavy atom. The van der Waals surface area contributed by atoms with E-state index in [1.54, 1.807) is 0 Å². The molecule has 2 aliphatic heterocycles. The molecule has 4 heterocycles. The highest BCUT2D eigenvalue weighted by molar-refractivity contribution is 7.19. The van der Waals surface area contributed by atoms with Crippen LogP contribution in [0.2, 0.25) is 0 Å². The Bertz CT molecular complexity index is 872. The number of hydrogen-bond acceptors (Lipinski definition) is 8. The minimum absolute atomic E-state index is 0.0517. The summed E-state index contributed by atoms with van der Waals surface area (Å²) < 4.78 is 5.49. The molecule has 2 aromatic rings. The zero-order valence-corrected chi connectivity index (χ0v) is 17.8. The standard InChI is InChI=1S/C21H31N5O2S/c22-21(14-27)5-7-26(8-6-21)19-18-15-3-1-2-4-16(15)29-20(18)24-17(23-19)13-25-9-11-28-12-10-25/h27H,1-14,22H2. The number of aromatic nitrogens is 2. The van der Waals surface area contributed by atoms with Crippen molar-refractivity contribution in [3.8, 4) is 0 Å². The zero-order valence-electron chi connectivity index (χ0n) is 17.0. The highest BCUT2D eigenvalue weighted by Gasteiger charge is 2.32. The number of morpholine rings is 1. The van der Waals surface area contributed by atoms with Crippen molar-refractivity contribution in [1.82, 2.24) is 14.9 Å². The van der Waals surface area contributed by atoms with Crippen molar-refractivity contribution in [3.63, 3.8) is 0 Å². The predicted molar refractivity (Wildman–Crippen MR) is 116 cm³/mol. The fourth-order valence-corrected chi connectivity index (χ4v) is 6.04. The second kappa shape index (κ2) is 8.07. The molecule has 1 aliphatic carbocycles. The first kappa shape index (κ1) is 19.6. The topological polar surface area (TPSA) is 87.7 Å². The van der Waals surface area contributed by atoms with Gasteiger partial charge in [-0.25, -0.2) is 9.97 Å². The number of nitrogens with zero attached hydrogens (tertiary/aromatic N) is 4. The Balaban J connectivity index is 1.51. The van der Waals surface area contributed by atoms with E-state index in [0.717, 1.165) is 81.7 Å². The molecule has 2 aromatic heterocycles. The Morgan fingerprint density at radius 1 is 1.07 bits per heavy atom. The molecule has 2 fully saturated rings. The first-order valence-electron chi connectivity index (χ1n) is 10.9. The summed E-state index contributed by atoms with van der Waals surface area (Å²) in [6.45, 7) is 5.95. The monoisotopic (exact) mass is 417 g/mol. The summed E-state index contributed by atoms with van der Waals surface area (Å²) in [6.07, 6.45) is 6.43. The van der Waals surface area contributed by atoms with Crippen molar-refractivity contribution in [2.45, 2.75) is 50.6 Å². The molecule has 0 unspecified atom stereocenters. The van der Waals surface area contributed by atoms with Crippen LogP contribution in [0, 0.1) is 0 Å². The molecule has 0 atom stereocenters. The van der Waals surface area contributed by atoms with E-state index >= 15 is 0 Å². The third-order valence-corrected chi connectivity index (χ3v) is 7.87. The average Bonchev–Trinajstić information content (AvgIpc) is 3.13. The van der Waals surface area contributed by atoms with Gasteiger partial charge in [-0.05, 0) is 44.1 Å². The maximum absolute atomic E-state index is 9.65. The summed E-state index contributed by atoms with van der Waals surface area (Å²) in [5.41, 5.74) is 7.36. The number of aliphatic hydroxyl groups is 1. The summed E-state index contributed by atoms with van der Waals surface area (Å²) in [7, 11) is 0. The first-order chi connectivity index (χ1) is 14.1. The summed E-state index contributed by atoms with van der Waals surface area (Å²) >= 11 is 1.87. The molecule has 0 aromatic carbocycles. The van der Waals surface area contributed by atoms with Crippen LogP contribution >= 0.6 is 11.3 Å². The van der Waals surface area contributed by atoms with Crippen molar-refractivity contribution in [3.05, 3.63) is 16.3 Å². The Labute approximate surface area is 175 Å². The van der Waals surface area contributed by atoms with Gasteiger partial charge in [-0.1, -0.05) is 0 Å². The van der Waals surface area contributed by atoms with Gasteiger partial charge < -0.3 is 20.5 Å². The molecule has 3 aliphatic rings. The van der Waals surface area contributed by atoms with E-state index in [9.17, 15) is 5.11 Å². The first-order valence-corrected chi connectivity index (χ1v) is 11.7. The van der Waals surface area contributed by atoms with E-state index in [1.807, 2.05) is 11.3 Å². The van der Waals surface area contributed by atoms with Crippen LogP contribution in [0.1, 0.15) is 41.9 Å². The van der Waals surface area contributed by atoms with Crippen LogP contribution in [0.15, 0.2) is 0 Å². The minimum Gasteiger partial charge on any atom is -0.394 e. The van der Waals surface area contributed by atoms with Crippen LogP contribution in [0.4, 0.5) is 5.82 Å². The van der Waals surface area contributed by atoms with Gasteiger partial charge in [-0.3, -0.25) is 4.90 Å². The molecule has 2 saturated heterocycles. The lowest BCUT2D eigenvalue weighted by molar-refractivity contribution is 0.0331. The van der Waals surface area contributed by atoms with Gasteiger partial charge in [0.2, 0.25) is 0 Å². The van der Waals surface area contributed by atoms with Crippen LogP contribution in [-0.4, -0.2) is 71.5 Å². The van der Waals surface area contributed by atoms with Crippen molar-refractivity contribution >= 4 is 27.4 Å². The van der Waals surface area contributed by atoms with E-state index in [1.165, 1.54) is 35.1 Å². The highest BCUT2D eigenvalue weighted by Crippen LogP contribution is 2.40. The van der Waals surface area contributed by atoms with Gasteiger partial charge in [0.1, 0.15) is 16.5 Å². The maximum Gasteiger partial charge on any atom is 0.146 e. The van der Waals surface area contributed by atoms with Crippen LogP contribution < -0.4 is 10.6 Å². The van der Waals surface area contributed by atoms with Gasteiger partial charge >= 0.3 is 0 Å². The van der Waals surface area contributed by atoms with Gasteiger partial charge in [0.15, 0.2) is 0 Å². The molecule has 5 rings (SSSR count). The van der Waals surface area contributed by atoms with Crippen LogP contribution in [0.25, 0.3) is 10.2 Å². The van der Waals surface area contributed by atoms with Gasteiger partial charge in [0, 0.05) is 36.6 Å². The quantitative estimate of drug-likeness (QED) is 0.783. The number of aryl methyl sites for hydroxylation is 2. The molecule has 7 nitrogen and oxygen atoms in total. The number of ether oxygens (including phenoxy) is 1. The van der Waals surface area contributed by atoms with Crippen molar-refractivity contribution in [2.75, 3.05) is 50.9 Å². The van der Waals surface area contributed by atoms with Crippen LogP contribution in [0.3, 0.4) is 0 Å². The molecule has 29 heavy (non-hydrogen) atoms. The van der Waals surface area contributed by atoms with Gasteiger partial charge in [-0.2, -0.15) is 0 Å². The second-order valence-electron chi connectivity index (χ2n) is 8.75. The third kappa shape index (κ3) is 3.88. The van der Waals surface area contributed by atoms with Crippen LogP contribution in [0.5, 0.6) is 0 Å². The maximum atomic E-state index is 9.65. The summed E-state index contributed by atoms with van der Waals surface area (Å²) in [6, 6.07) is 0. The van der Waals surface area contributed by atoms with E-state index < -0.39 is 5.54 Å². The number of thiophene rings is 1. The number of nitrogens with two attached hydrogens (primary N) is 1. The predicted octanol–water partition coefficient (Wildman–Crippen LogP) is 1.69. The lowest BCUT2D eigenvalue weighted by Gasteiger charge is -2.39. The summed E-state index contributed by atoms with van der Waals surface area (Å²) in [5, 5.41) is 10.9. The third-order valence-electron chi connectivity index (χ3n) is 6.68. The number of anilines is 1. The fourth-order valence-electron chi connectivity index (χ4n) is 4.76. The van der Waals surface area contributed by atoms with E-state index in [-0.39, 0.29) is 6.61 Å². The van der Waals surface area contributed by atoms with Crippen molar-refractivity contribution in [1.29, 1.82) is 0 Å². The molecule has 158 valence electrons. The molecule has 0 bridgehead atoms. The lowest BCUT2D eigenvalue weighted by Crippen LogP contribution is -2.53. The van der Waals surface area contributed by atoms with E-state index in [4.69, 9.17) is 20.4 Å². The Kier molecular flexibility index (Phi) is 5.47. The summed E-state index contributed by atoms with van der Waals surface area (Å²) in [5.74, 6) is 2.01. The zero-order chi connectivity index (χ0) is 19.8. The molecular weight excluding hydrogens is 386 g/mol. The molecule has 0 radical (unpaired) electrons. The number of hydrogen-bond donors (Lipinski definition) is 2. The normalized spacial score (nSPS) is 22.8. The average molecular weight is 418 g/mol. The number of aliphatic hydroxyl groups excluding tert-OH is 1. The van der Waals surface area contributed by atoms with Crippen LogP contribution in [-0.2, 0) is 24.1 Å². The van der Waals surface area contributed by atoms with Crippen molar-refractivity contribution < 1.29 is 9.84 Å². The van der Waals surface area contributed by atoms with E-state index in [2.05, 4.69) is 9.80 Å².